The number of unbranched alkanes of at least 4 members (excludes halogenated alkanes) is 8. The molecular weight excluding hydrogens is 376 g/mol. The molecule has 5 nitrogen and oxygen atoms in total. The largest absolute Gasteiger partial charge is 0.488 e. The van der Waals surface area contributed by atoms with E-state index in [-0.39, 0.29) is 5.91 Å². The van der Waals surface area contributed by atoms with Gasteiger partial charge in [-0.1, -0.05) is 70.4 Å². The Kier molecular flexibility index (Phi) is 8.79. The first-order chi connectivity index (χ1) is 14.7. The zero-order chi connectivity index (χ0) is 21.2. The topological polar surface area (TPSA) is 64.4 Å². The third-order valence-corrected chi connectivity index (χ3v) is 5.81. The van der Waals surface area contributed by atoms with Gasteiger partial charge in [0.1, 0.15) is 23.8 Å². The molecule has 2 aromatic rings. The minimum atomic E-state index is -0.0546. The summed E-state index contributed by atoms with van der Waals surface area (Å²) in [5, 5.41) is 7.30. The first kappa shape index (κ1) is 22.4. The first-order valence-electron chi connectivity index (χ1n) is 11.8. The Hall–Kier alpha value is -2.30. The minimum Gasteiger partial charge on any atom is -0.488 e. The molecule has 1 amide bonds. The van der Waals surface area contributed by atoms with Crippen molar-refractivity contribution in [3.8, 4) is 17.0 Å². The van der Waals surface area contributed by atoms with Gasteiger partial charge in [0.05, 0.1) is 5.56 Å². The lowest BCUT2D eigenvalue weighted by Crippen LogP contribution is -2.24. The monoisotopic (exact) mass is 412 g/mol. The van der Waals surface area contributed by atoms with Gasteiger partial charge >= 0.3 is 0 Å². The second-order valence-electron chi connectivity index (χ2n) is 8.27. The minimum absolute atomic E-state index is 0.0546. The normalized spacial score (nSPS) is 12.2. The van der Waals surface area contributed by atoms with Crippen LogP contribution in [-0.4, -0.2) is 17.6 Å². The number of amides is 1. The molecule has 1 aliphatic rings. The Morgan fingerprint density at radius 3 is 2.50 bits per heavy atom. The van der Waals surface area contributed by atoms with E-state index in [1.807, 2.05) is 18.2 Å². The van der Waals surface area contributed by atoms with Gasteiger partial charge in [-0.3, -0.25) is 4.79 Å². The van der Waals surface area contributed by atoms with E-state index < -0.39 is 0 Å². The Morgan fingerprint density at radius 2 is 1.73 bits per heavy atom. The zero-order valence-corrected chi connectivity index (χ0v) is 18.6. The fourth-order valence-electron chi connectivity index (χ4n) is 3.93. The third kappa shape index (κ3) is 5.87. The number of fused-ring (bicyclic) bond motifs is 3. The molecule has 5 heteroatoms. The number of hydrogen-bond donors (Lipinski definition) is 1. The fourth-order valence-corrected chi connectivity index (χ4v) is 3.93. The van der Waals surface area contributed by atoms with Gasteiger partial charge in [-0.15, -0.1) is 0 Å². The van der Waals surface area contributed by atoms with E-state index in [2.05, 4.69) is 24.3 Å². The van der Waals surface area contributed by atoms with Crippen LogP contribution in [-0.2, 0) is 13.0 Å². The highest BCUT2D eigenvalue weighted by atomic mass is 16.5. The number of benzene rings is 1. The summed E-state index contributed by atoms with van der Waals surface area (Å²) in [6.07, 6.45) is 13.3. The molecule has 1 N–H and O–H groups in total. The smallest absolute Gasteiger partial charge is 0.251 e. The van der Waals surface area contributed by atoms with Crippen molar-refractivity contribution in [2.24, 2.45) is 0 Å². The van der Waals surface area contributed by atoms with Gasteiger partial charge in [0.15, 0.2) is 0 Å². The quantitative estimate of drug-likeness (QED) is 0.384. The fraction of sp³-hybridized carbons (Fsp3) is 0.600. The van der Waals surface area contributed by atoms with Crippen molar-refractivity contribution in [1.29, 1.82) is 0 Å². The number of ether oxygens (including phenoxy) is 1. The van der Waals surface area contributed by atoms with Crippen LogP contribution in [0.4, 0.5) is 0 Å². The molecule has 0 aliphatic carbocycles. The van der Waals surface area contributed by atoms with Crippen LogP contribution in [0.25, 0.3) is 11.3 Å². The Labute approximate surface area is 180 Å². The van der Waals surface area contributed by atoms with Crippen LogP contribution in [0.2, 0.25) is 0 Å². The maximum Gasteiger partial charge on any atom is 0.251 e. The maximum atomic E-state index is 12.4. The van der Waals surface area contributed by atoms with Gasteiger partial charge in [0.2, 0.25) is 0 Å². The van der Waals surface area contributed by atoms with Crippen LogP contribution in [0.5, 0.6) is 5.75 Å². The lowest BCUT2D eigenvalue weighted by molar-refractivity contribution is 0.0953. The van der Waals surface area contributed by atoms with Gasteiger partial charge in [-0.05, 0) is 31.0 Å². The van der Waals surface area contributed by atoms with Crippen LogP contribution in [0, 0.1) is 0 Å². The number of nitrogens with zero attached hydrogens (tertiary/aromatic N) is 1. The number of carbonyl (C=O) groups excluding carboxylic acids is 1. The molecule has 0 saturated carbocycles. The number of aryl methyl sites for hydroxylation is 1. The standard InChI is InChI=1S/C25H36N2O3/c1-3-5-7-8-9-10-11-12-13-23-21-18-29-22-15-14-19(25(28)26-16-6-4-2)17-20(22)24(21)27-30-23/h14-15,17H,3-13,16,18H2,1-2H3,(H,26,28). The van der Waals surface area contributed by atoms with Crippen molar-refractivity contribution in [2.75, 3.05) is 6.54 Å². The van der Waals surface area contributed by atoms with E-state index in [0.717, 1.165) is 54.0 Å². The predicted octanol–water partition coefficient (Wildman–Crippen LogP) is 6.45. The SMILES string of the molecule is CCCCCCCCCCc1onc2c1COc1ccc(C(=O)NCCCC)cc1-2. The Morgan fingerprint density at radius 1 is 1.00 bits per heavy atom. The van der Waals surface area contributed by atoms with Crippen LogP contribution in [0.15, 0.2) is 22.7 Å². The zero-order valence-electron chi connectivity index (χ0n) is 18.6. The van der Waals surface area contributed by atoms with Crippen LogP contribution < -0.4 is 10.1 Å². The van der Waals surface area contributed by atoms with Crippen LogP contribution in [0.3, 0.4) is 0 Å². The summed E-state index contributed by atoms with van der Waals surface area (Å²) in [6, 6.07) is 5.55. The van der Waals surface area contributed by atoms with Crippen molar-refractivity contribution >= 4 is 5.91 Å². The van der Waals surface area contributed by atoms with Crippen molar-refractivity contribution in [1.82, 2.24) is 10.5 Å². The van der Waals surface area contributed by atoms with E-state index in [4.69, 9.17) is 9.26 Å². The molecule has 3 rings (SSSR count). The molecule has 0 fully saturated rings. The molecule has 2 heterocycles. The van der Waals surface area contributed by atoms with Gasteiger partial charge in [0, 0.05) is 24.1 Å². The van der Waals surface area contributed by atoms with Crippen LogP contribution in [0.1, 0.15) is 99.7 Å². The molecule has 0 radical (unpaired) electrons. The van der Waals surface area contributed by atoms with Gasteiger partial charge in [-0.25, -0.2) is 0 Å². The number of carbonyl (C=O) groups is 1. The second kappa shape index (κ2) is 11.8. The Balaban J connectivity index is 1.57. The summed E-state index contributed by atoms with van der Waals surface area (Å²) in [5.41, 5.74) is 3.35. The lowest BCUT2D eigenvalue weighted by atomic mass is 9.98. The molecule has 0 spiro atoms. The number of hydrogen-bond acceptors (Lipinski definition) is 4. The number of nitrogens with one attached hydrogen (secondary N) is 1. The molecule has 0 bridgehead atoms. The number of rotatable bonds is 13. The summed E-state index contributed by atoms with van der Waals surface area (Å²) < 4.78 is 11.6. The molecule has 1 aromatic heterocycles. The summed E-state index contributed by atoms with van der Waals surface area (Å²) in [4.78, 5) is 12.4. The molecule has 164 valence electrons. The molecule has 1 aromatic carbocycles. The summed E-state index contributed by atoms with van der Waals surface area (Å²) in [6.45, 7) is 5.55. The number of aromatic nitrogens is 1. The average molecular weight is 413 g/mol. The summed E-state index contributed by atoms with van der Waals surface area (Å²) in [5.74, 6) is 1.64. The lowest BCUT2D eigenvalue weighted by Gasteiger charge is -2.17. The van der Waals surface area contributed by atoms with Crippen molar-refractivity contribution < 1.29 is 14.1 Å². The molecule has 0 atom stereocenters. The van der Waals surface area contributed by atoms with E-state index in [9.17, 15) is 4.79 Å². The van der Waals surface area contributed by atoms with Crippen molar-refractivity contribution in [3.63, 3.8) is 0 Å². The Bertz CT molecular complexity index is 813. The third-order valence-electron chi connectivity index (χ3n) is 5.81. The highest BCUT2D eigenvalue weighted by Crippen LogP contribution is 2.39. The first-order valence-corrected chi connectivity index (χ1v) is 11.8. The molecular formula is C25H36N2O3. The van der Waals surface area contributed by atoms with Gasteiger partial charge in [-0.2, -0.15) is 0 Å². The molecule has 30 heavy (non-hydrogen) atoms. The highest BCUT2D eigenvalue weighted by Gasteiger charge is 2.26. The summed E-state index contributed by atoms with van der Waals surface area (Å²) >= 11 is 0. The van der Waals surface area contributed by atoms with E-state index in [1.54, 1.807) is 0 Å². The molecule has 1 aliphatic heterocycles. The highest BCUT2D eigenvalue weighted by molar-refractivity contribution is 5.96. The van der Waals surface area contributed by atoms with Gasteiger partial charge in [0.25, 0.3) is 5.91 Å². The average Bonchev–Trinajstić information content (AvgIpc) is 3.19. The van der Waals surface area contributed by atoms with Crippen molar-refractivity contribution in [2.45, 2.75) is 91.1 Å². The molecule has 0 saturated heterocycles. The summed E-state index contributed by atoms with van der Waals surface area (Å²) in [7, 11) is 0. The predicted molar refractivity (Wildman–Crippen MR) is 120 cm³/mol. The maximum absolute atomic E-state index is 12.4. The van der Waals surface area contributed by atoms with Crippen molar-refractivity contribution in [3.05, 3.63) is 35.1 Å². The van der Waals surface area contributed by atoms with Crippen LogP contribution >= 0.6 is 0 Å². The van der Waals surface area contributed by atoms with E-state index >= 15 is 0 Å². The molecule has 0 unspecified atom stereocenters. The van der Waals surface area contributed by atoms with E-state index in [0.29, 0.717) is 18.7 Å². The van der Waals surface area contributed by atoms with E-state index in [1.165, 1.54) is 44.9 Å². The van der Waals surface area contributed by atoms with Gasteiger partial charge < -0.3 is 14.6 Å². The second-order valence-corrected chi connectivity index (χ2v) is 8.27.